The van der Waals surface area contributed by atoms with Crippen LogP contribution in [0.1, 0.15) is 33.6 Å². The van der Waals surface area contributed by atoms with Crippen molar-refractivity contribution in [2.24, 2.45) is 0 Å². The number of morpholine rings is 1. The highest BCUT2D eigenvalue weighted by Gasteiger charge is 2.29. The zero-order valence-electron chi connectivity index (χ0n) is 10.9. The highest BCUT2D eigenvalue weighted by atomic mass is 16.5. The molecule has 1 aliphatic heterocycles. The predicted octanol–water partition coefficient (Wildman–Crippen LogP) is 0.539. The number of nitrogens with one attached hydrogen (secondary N) is 1. The second-order valence-corrected chi connectivity index (χ2v) is 4.58. The van der Waals surface area contributed by atoms with Crippen LogP contribution in [0.5, 0.6) is 0 Å². The molecular formula is C12H22N2O3. The first-order chi connectivity index (χ1) is 8.04. The van der Waals surface area contributed by atoms with Crippen LogP contribution >= 0.6 is 0 Å². The van der Waals surface area contributed by atoms with Gasteiger partial charge in [0.2, 0.25) is 0 Å². The fourth-order valence-electron chi connectivity index (χ4n) is 1.94. The number of amides is 2. The van der Waals surface area contributed by atoms with Crippen LogP contribution < -0.4 is 5.32 Å². The van der Waals surface area contributed by atoms with Gasteiger partial charge in [-0.3, -0.25) is 9.59 Å². The molecule has 0 aromatic carbocycles. The zero-order valence-corrected chi connectivity index (χ0v) is 10.9. The quantitative estimate of drug-likeness (QED) is 0.580. The summed E-state index contributed by atoms with van der Waals surface area (Å²) in [5.41, 5.74) is 0. The van der Waals surface area contributed by atoms with E-state index in [9.17, 15) is 9.59 Å². The maximum Gasteiger partial charge on any atom is 0.312 e. The van der Waals surface area contributed by atoms with E-state index in [4.69, 9.17) is 4.74 Å². The van der Waals surface area contributed by atoms with Gasteiger partial charge in [-0.25, -0.2) is 0 Å². The van der Waals surface area contributed by atoms with Crippen molar-refractivity contribution in [1.29, 1.82) is 0 Å². The number of carbonyl (C=O) groups is 2. The number of hydrogen-bond donors (Lipinski definition) is 1. The summed E-state index contributed by atoms with van der Waals surface area (Å²) < 4.78 is 5.52. The Morgan fingerprint density at radius 2 is 1.88 bits per heavy atom. The lowest BCUT2D eigenvalue weighted by atomic mass is 10.2. The van der Waals surface area contributed by atoms with Crippen LogP contribution in [0.15, 0.2) is 0 Å². The van der Waals surface area contributed by atoms with Crippen molar-refractivity contribution < 1.29 is 14.3 Å². The van der Waals surface area contributed by atoms with E-state index in [0.717, 1.165) is 12.8 Å². The molecule has 1 saturated heterocycles. The van der Waals surface area contributed by atoms with Crippen LogP contribution in [0.2, 0.25) is 0 Å². The molecule has 0 radical (unpaired) electrons. The van der Waals surface area contributed by atoms with E-state index in [1.165, 1.54) is 0 Å². The van der Waals surface area contributed by atoms with Crippen molar-refractivity contribution >= 4 is 11.8 Å². The fourth-order valence-corrected chi connectivity index (χ4v) is 1.94. The molecule has 2 amide bonds. The Balaban J connectivity index is 2.42. The Morgan fingerprint density at radius 3 is 2.41 bits per heavy atom. The molecule has 17 heavy (non-hydrogen) atoms. The van der Waals surface area contributed by atoms with Gasteiger partial charge in [-0.2, -0.15) is 0 Å². The molecule has 1 fully saturated rings. The molecule has 1 rings (SSSR count). The normalized spacial score (nSPS) is 24.5. The van der Waals surface area contributed by atoms with Crippen LogP contribution in [-0.2, 0) is 14.3 Å². The minimum atomic E-state index is -0.500. The van der Waals surface area contributed by atoms with E-state index in [0.29, 0.717) is 19.6 Å². The summed E-state index contributed by atoms with van der Waals surface area (Å²) in [6, 6.07) is 0. The second-order valence-electron chi connectivity index (χ2n) is 4.58. The molecule has 1 N–H and O–H groups in total. The first kappa shape index (κ1) is 14.0. The maximum absolute atomic E-state index is 11.8. The molecule has 5 heteroatoms. The van der Waals surface area contributed by atoms with Gasteiger partial charge in [-0.05, 0) is 20.3 Å². The SMILES string of the molecule is CCCCNC(=O)C(=O)N1CC(C)OC(C)C1. The van der Waals surface area contributed by atoms with Crippen molar-refractivity contribution in [1.82, 2.24) is 10.2 Å². The molecule has 0 aliphatic carbocycles. The maximum atomic E-state index is 11.8. The van der Waals surface area contributed by atoms with E-state index in [1.54, 1.807) is 4.90 Å². The van der Waals surface area contributed by atoms with E-state index in [-0.39, 0.29) is 12.2 Å². The lowest BCUT2D eigenvalue weighted by Gasteiger charge is -2.34. The van der Waals surface area contributed by atoms with E-state index in [2.05, 4.69) is 5.32 Å². The molecule has 1 aliphatic rings. The van der Waals surface area contributed by atoms with Crippen LogP contribution in [0.3, 0.4) is 0 Å². The summed E-state index contributed by atoms with van der Waals surface area (Å²) in [5.74, 6) is -0.942. The molecule has 0 aromatic rings. The average molecular weight is 242 g/mol. The van der Waals surface area contributed by atoms with Crippen molar-refractivity contribution in [3.8, 4) is 0 Å². The van der Waals surface area contributed by atoms with Crippen LogP contribution in [-0.4, -0.2) is 48.6 Å². The molecule has 2 atom stereocenters. The summed E-state index contributed by atoms with van der Waals surface area (Å²) in [4.78, 5) is 25.0. The molecule has 98 valence electrons. The number of rotatable bonds is 3. The number of unbranched alkanes of at least 4 members (excludes halogenated alkanes) is 1. The first-order valence-corrected chi connectivity index (χ1v) is 6.27. The van der Waals surface area contributed by atoms with E-state index < -0.39 is 11.8 Å². The molecular weight excluding hydrogens is 220 g/mol. The standard InChI is InChI=1S/C12H22N2O3/c1-4-5-6-13-11(15)12(16)14-7-9(2)17-10(3)8-14/h9-10H,4-8H2,1-3H3,(H,13,15). The Hall–Kier alpha value is -1.10. The van der Waals surface area contributed by atoms with Gasteiger partial charge in [0.25, 0.3) is 0 Å². The number of ether oxygens (including phenoxy) is 1. The molecule has 0 bridgehead atoms. The number of hydrogen-bond acceptors (Lipinski definition) is 3. The van der Waals surface area contributed by atoms with Crippen molar-refractivity contribution in [3.63, 3.8) is 0 Å². The minimum absolute atomic E-state index is 0.00820. The van der Waals surface area contributed by atoms with Gasteiger partial charge in [0, 0.05) is 19.6 Å². The van der Waals surface area contributed by atoms with Gasteiger partial charge in [0.05, 0.1) is 12.2 Å². The van der Waals surface area contributed by atoms with Crippen molar-refractivity contribution in [3.05, 3.63) is 0 Å². The number of nitrogens with zero attached hydrogens (tertiary/aromatic N) is 1. The third kappa shape index (κ3) is 4.34. The Kier molecular flexibility index (Phi) is 5.41. The molecule has 0 spiro atoms. The average Bonchev–Trinajstić information content (AvgIpc) is 2.27. The summed E-state index contributed by atoms with van der Waals surface area (Å²) in [6.45, 7) is 7.40. The predicted molar refractivity (Wildman–Crippen MR) is 64.5 cm³/mol. The van der Waals surface area contributed by atoms with Crippen LogP contribution in [0.25, 0.3) is 0 Å². The summed E-state index contributed by atoms with van der Waals surface area (Å²) in [7, 11) is 0. The van der Waals surface area contributed by atoms with Gasteiger partial charge in [-0.1, -0.05) is 13.3 Å². The van der Waals surface area contributed by atoms with Crippen LogP contribution in [0.4, 0.5) is 0 Å². The summed E-state index contributed by atoms with van der Waals surface area (Å²) in [5, 5.41) is 2.64. The fraction of sp³-hybridized carbons (Fsp3) is 0.833. The van der Waals surface area contributed by atoms with Gasteiger partial charge in [0.15, 0.2) is 0 Å². The third-order valence-electron chi connectivity index (χ3n) is 2.72. The first-order valence-electron chi connectivity index (χ1n) is 6.27. The van der Waals surface area contributed by atoms with Gasteiger partial charge in [0.1, 0.15) is 0 Å². The largest absolute Gasteiger partial charge is 0.372 e. The van der Waals surface area contributed by atoms with Crippen LogP contribution in [0, 0.1) is 0 Å². The van der Waals surface area contributed by atoms with E-state index >= 15 is 0 Å². The molecule has 2 unspecified atom stereocenters. The molecule has 0 saturated carbocycles. The summed E-state index contributed by atoms with van der Waals surface area (Å²) in [6.07, 6.45) is 1.88. The second kappa shape index (κ2) is 6.59. The molecule has 0 aromatic heterocycles. The Labute approximate surface area is 102 Å². The van der Waals surface area contributed by atoms with Gasteiger partial charge >= 0.3 is 11.8 Å². The van der Waals surface area contributed by atoms with E-state index in [1.807, 2.05) is 20.8 Å². The Morgan fingerprint density at radius 1 is 1.29 bits per heavy atom. The van der Waals surface area contributed by atoms with Gasteiger partial charge < -0.3 is 15.0 Å². The monoisotopic (exact) mass is 242 g/mol. The minimum Gasteiger partial charge on any atom is -0.372 e. The summed E-state index contributed by atoms with van der Waals surface area (Å²) >= 11 is 0. The van der Waals surface area contributed by atoms with Gasteiger partial charge in [-0.15, -0.1) is 0 Å². The smallest absolute Gasteiger partial charge is 0.312 e. The number of carbonyl (C=O) groups excluding carboxylic acids is 2. The molecule has 5 nitrogen and oxygen atoms in total. The molecule has 1 heterocycles. The Bertz CT molecular complexity index is 271. The zero-order chi connectivity index (χ0) is 12.8. The highest BCUT2D eigenvalue weighted by Crippen LogP contribution is 2.10. The lowest BCUT2D eigenvalue weighted by molar-refractivity contribution is -0.153. The van der Waals surface area contributed by atoms with Crippen molar-refractivity contribution in [2.75, 3.05) is 19.6 Å². The van der Waals surface area contributed by atoms with Crippen molar-refractivity contribution in [2.45, 2.75) is 45.8 Å². The lowest BCUT2D eigenvalue weighted by Crippen LogP contribution is -2.52. The topological polar surface area (TPSA) is 58.6 Å². The highest BCUT2D eigenvalue weighted by molar-refractivity contribution is 6.35. The third-order valence-corrected chi connectivity index (χ3v) is 2.72.